The second kappa shape index (κ2) is 7.34. The quantitative estimate of drug-likeness (QED) is 0.673. The number of aryl methyl sites for hydroxylation is 1. The minimum absolute atomic E-state index is 0.0870. The van der Waals surface area contributed by atoms with Crippen molar-refractivity contribution in [3.8, 4) is 17.3 Å². The van der Waals surface area contributed by atoms with Crippen LogP contribution in [0.5, 0.6) is 5.88 Å². The molecule has 128 valence electrons. The molecular weight excluding hydrogens is 329 g/mol. The standard InChI is InChI=1S/C19H15F3N2O/c1-2-16-10-18(25-11-13-9-15(21)6-7-17(13)22)24-19(23-16)12-4-3-5-14(20)8-12/h3-10H,2,11H2,1H3. The Balaban J connectivity index is 1.88. The molecule has 0 radical (unpaired) electrons. The van der Waals surface area contributed by atoms with Gasteiger partial charge in [-0.3, -0.25) is 0 Å². The zero-order valence-electron chi connectivity index (χ0n) is 13.5. The van der Waals surface area contributed by atoms with Gasteiger partial charge in [-0.1, -0.05) is 19.1 Å². The van der Waals surface area contributed by atoms with Gasteiger partial charge in [-0.05, 0) is 36.8 Å². The Morgan fingerprint density at radius 1 is 0.920 bits per heavy atom. The predicted molar refractivity (Wildman–Crippen MR) is 87.5 cm³/mol. The molecule has 0 fully saturated rings. The van der Waals surface area contributed by atoms with Crippen molar-refractivity contribution >= 4 is 0 Å². The number of nitrogens with zero attached hydrogens (tertiary/aromatic N) is 2. The molecule has 3 nitrogen and oxygen atoms in total. The van der Waals surface area contributed by atoms with Gasteiger partial charge in [0, 0.05) is 22.9 Å². The lowest BCUT2D eigenvalue weighted by Crippen LogP contribution is -2.03. The SMILES string of the molecule is CCc1cc(OCc2cc(F)ccc2F)nc(-c2cccc(F)c2)n1. The van der Waals surface area contributed by atoms with Gasteiger partial charge < -0.3 is 4.74 Å². The van der Waals surface area contributed by atoms with Gasteiger partial charge in [0.15, 0.2) is 5.82 Å². The number of hydrogen-bond acceptors (Lipinski definition) is 3. The molecule has 0 aliphatic heterocycles. The Morgan fingerprint density at radius 2 is 1.72 bits per heavy atom. The number of benzene rings is 2. The van der Waals surface area contributed by atoms with Crippen LogP contribution in [0.3, 0.4) is 0 Å². The van der Waals surface area contributed by atoms with Gasteiger partial charge in [-0.2, -0.15) is 4.98 Å². The highest BCUT2D eigenvalue weighted by atomic mass is 19.1. The van der Waals surface area contributed by atoms with E-state index in [4.69, 9.17) is 4.74 Å². The van der Waals surface area contributed by atoms with E-state index in [1.165, 1.54) is 12.1 Å². The van der Waals surface area contributed by atoms with Gasteiger partial charge in [0.1, 0.15) is 24.1 Å². The minimum Gasteiger partial charge on any atom is -0.473 e. The highest BCUT2D eigenvalue weighted by Gasteiger charge is 2.10. The average Bonchev–Trinajstić information content (AvgIpc) is 2.62. The monoisotopic (exact) mass is 344 g/mol. The Labute approximate surface area is 143 Å². The maximum Gasteiger partial charge on any atom is 0.217 e. The van der Waals surface area contributed by atoms with Crippen LogP contribution < -0.4 is 4.74 Å². The number of ether oxygens (including phenoxy) is 1. The molecule has 0 N–H and O–H groups in total. The molecule has 1 aromatic heterocycles. The molecule has 1 heterocycles. The van der Waals surface area contributed by atoms with E-state index in [-0.39, 0.29) is 18.1 Å². The van der Waals surface area contributed by atoms with Gasteiger partial charge >= 0.3 is 0 Å². The molecule has 0 aliphatic rings. The van der Waals surface area contributed by atoms with Crippen molar-refractivity contribution in [2.75, 3.05) is 0 Å². The van der Waals surface area contributed by atoms with E-state index in [2.05, 4.69) is 9.97 Å². The van der Waals surface area contributed by atoms with Crippen LogP contribution in [0.1, 0.15) is 18.2 Å². The Morgan fingerprint density at radius 3 is 2.48 bits per heavy atom. The maximum absolute atomic E-state index is 13.7. The molecule has 0 atom stereocenters. The highest BCUT2D eigenvalue weighted by Crippen LogP contribution is 2.21. The highest BCUT2D eigenvalue weighted by molar-refractivity contribution is 5.55. The first kappa shape index (κ1) is 17.0. The molecule has 0 unspecified atom stereocenters. The zero-order chi connectivity index (χ0) is 17.8. The zero-order valence-corrected chi connectivity index (χ0v) is 13.5. The van der Waals surface area contributed by atoms with Crippen LogP contribution in [0.15, 0.2) is 48.5 Å². The van der Waals surface area contributed by atoms with E-state index < -0.39 is 17.5 Å². The van der Waals surface area contributed by atoms with Gasteiger partial charge in [0.05, 0.1) is 0 Å². The summed E-state index contributed by atoms with van der Waals surface area (Å²) in [5.74, 6) is -0.968. The van der Waals surface area contributed by atoms with E-state index >= 15 is 0 Å². The van der Waals surface area contributed by atoms with Crippen molar-refractivity contribution in [2.45, 2.75) is 20.0 Å². The van der Waals surface area contributed by atoms with E-state index in [1.54, 1.807) is 18.2 Å². The first-order valence-electron chi connectivity index (χ1n) is 7.76. The molecule has 0 saturated carbocycles. The molecule has 6 heteroatoms. The van der Waals surface area contributed by atoms with Crippen LogP contribution in [-0.2, 0) is 13.0 Å². The van der Waals surface area contributed by atoms with E-state index in [9.17, 15) is 13.2 Å². The number of aromatic nitrogens is 2. The lowest BCUT2D eigenvalue weighted by molar-refractivity contribution is 0.286. The normalized spacial score (nSPS) is 10.7. The lowest BCUT2D eigenvalue weighted by Gasteiger charge is -2.10. The maximum atomic E-state index is 13.7. The van der Waals surface area contributed by atoms with Crippen LogP contribution >= 0.6 is 0 Å². The topological polar surface area (TPSA) is 35.0 Å². The fraction of sp³-hybridized carbons (Fsp3) is 0.158. The fourth-order valence-electron chi connectivity index (χ4n) is 2.29. The second-order valence-corrected chi connectivity index (χ2v) is 5.41. The van der Waals surface area contributed by atoms with Crippen molar-refractivity contribution in [3.63, 3.8) is 0 Å². The van der Waals surface area contributed by atoms with E-state index in [1.807, 2.05) is 6.92 Å². The molecule has 25 heavy (non-hydrogen) atoms. The molecule has 3 aromatic rings. The minimum atomic E-state index is -0.559. The number of hydrogen-bond donors (Lipinski definition) is 0. The van der Waals surface area contributed by atoms with Crippen LogP contribution in [0.4, 0.5) is 13.2 Å². The third kappa shape index (κ3) is 4.15. The largest absolute Gasteiger partial charge is 0.473 e. The van der Waals surface area contributed by atoms with Crippen molar-refractivity contribution in [1.82, 2.24) is 9.97 Å². The number of rotatable bonds is 5. The second-order valence-electron chi connectivity index (χ2n) is 5.41. The summed E-state index contributed by atoms with van der Waals surface area (Å²) in [5.41, 5.74) is 1.30. The number of halogens is 3. The van der Waals surface area contributed by atoms with Crippen LogP contribution in [-0.4, -0.2) is 9.97 Å². The summed E-state index contributed by atoms with van der Waals surface area (Å²) in [6, 6.07) is 10.7. The molecule has 3 rings (SSSR count). The van der Waals surface area contributed by atoms with Crippen molar-refractivity contribution in [1.29, 1.82) is 0 Å². The first-order chi connectivity index (χ1) is 12.0. The first-order valence-corrected chi connectivity index (χ1v) is 7.76. The molecule has 0 amide bonds. The molecule has 2 aromatic carbocycles. The average molecular weight is 344 g/mol. The third-order valence-corrected chi connectivity index (χ3v) is 3.58. The van der Waals surface area contributed by atoms with Crippen molar-refractivity contribution in [3.05, 3.63) is 77.2 Å². The van der Waals surface area contributed by atoms with Gasteiger partial charge in [-0.15, -0.1) is 0 Å². The van der Waals surface area contributed by atoms with E-state index in [0.29, 0.717) is 23.5 Å². The molecule has 0 bridgehead atoms. The summed E-state index contributed by atoms with van der Waals surface area (Å²) in [4.78, 5) is 8.60. The smallest absolute Gasteiger partial charge is 0.217 e. The van der Waals surface area contributed by atoms with Crippen LogP contribution in [0, 0.1) is 17.5 Å². The van der Waals surface area contributed by atoms with Gasteiger partial charge in [-0.25, -0.2) is 18.2 Å². The molecule has 0 spiro atoms. The molecule has 0 aliphatic carbocycles. The Hall–Kier alpha value is -2.89. The summed E-state index contributed by atoms with van der Waals surface area (Å²) >= 11 is 0. The molecular formula is C19H15F3N2O. The Bertz CT molecular complexity index is 900. The van der Waals surface area contributed by atoms with E-state index in [0.717, 1.165) is 18.2 Å². The summed E-state index contributed by atoms with van der Waals surface area (Å²) in [6.45, 7) is 1.74. The molecule has 0 saturated heterocycles. The summed E-state index contributed by atoms with van der Waals surface area (Å²) in [7, 11) is 0. The summed E-state index contributed by atoms with van der Waals surface area (Å²) in [6.07, 6.45) is 0.621. The summed E-state index contributed by atoms with van der Waals surface area (Å²) < 4.78 is 45.9. The van der Waals surface area contributed by atoms with Crippen LogP contribution in [0.2, 0.25) is 0 Å². The van der Waals surface area contributed by atoms with Crippen LogP contribution in [0.25, 0.3) is 11.4 Å². The fourth-order valence-corrected chi connectivity index (χ4v) is 2.29. The predicted octanol–water partition coefficient (Wildman–Crippen LogP) is 4.70. The van der Waals surface area contributed by atoms with Gasteiger partial charge in [0.25, 0.3) is 0 Å². The summed E-state index contributed by atoms with van der Waals surface area (Å²) in [5, 5.41) is 0. The van der Waals surface area contributed by atoms with Crippen molar-refractivity contribution in [2.24, 2.45) is 0 Å². The van der Waals surface area contributed by atoms with Gasteiger partial charge in [0.2, 0.25) is 5.88 Å². The lowest BCUT2D eigenvalue weighted by atomic mass is 10.2. The Kier molecular flexibility index (Phi) is 4.97. The van der Waals surface area contributed by atoms with Crippen molar-refractivity contribution < 1.29 is 17.9 Å². The third-order valence-electron chi connectivity index (χ3n) is 3.58.